The molecule has 116 valence electrons. The highest BCUT2D eigenvalue weighted by Crippen LogP contribution is 2.43. The topological polar surface area (TPSA) is 26.3 Å². The van der Waals surface area contributed by atoms with Crippen molar-refractivity contribution in [2.24, 2.45) is 0 Å². The largest absolute Gasteiger partial charge is 0.494 e. The van der Waals surface area contributed by atoms with Crippen LogP contribution < -0.4 is 20.7 Å². The summed E-state index contributed by atoms with van der Waals surface area (Å²) < 4.78 is 32.8. The van der Waals surface area contributed by atoms with Crippen LogP contribution in [0.15, 0.2) is 78.9 Å². The van der Waals surface area contributed by atoms with Gasteiger partial charge in [0.25, 0.3) is 0 Å². The van der Waals surface area contributed by atoms with Gasteiger partial charge in [-0.25, -0.2) is 4.39 Å². The molecule has 23 heavy (non-hydrogen) atoms. The predicted octanol–water partition coefficient (Wildman–Crippen LogP) is 3.47. The van der Waals surface area contributed by atoms with Crippen molar-refractivity contribution < 1.29 is 13.7 Å². The minimum Gasteiger partial charge on any atom is -0.494 e. The first-order chi connectivity index (χ1) is 11.2. The molecule has 0 atom stereocenters. The highest BCUT2D eigenvalue weighted by atomic mass is 31.2. The maximum Gasteiger partial charge on any atom is 0.171 e. The number of ether oxygens (including phenoxy) is 1. The highest BCUT2D eigenvalue weighted by Gasteiger charge is 2.30. The van der Waals surface area contributed by atoms with E-state index in [1.807, 2.05) is 60.7 Å². The Balaban J connectivity index is 2.27. The molecule has 0 saturated heterocycles. The predicted molar refractivity (Wildman–Crippen MR) is 92.3 cm³/mol. The Hall–Kier alpha value is -2.38. The maximum absolute atomic E-state index is 14.0. The Bertz CT molecular complexity index is 804. The second-order valence-corrected chi connectivity index (χ2v) is 7.87. The SMILES string of the molecule is COc1cc(P(=O)(c2ccccc2)c2ccccc2)ccc1F. The summed E-state index contributed by atoms with van der Waals surface area (Å²) >= 11 is 0. The van der Waals surface area contributed by atoms with Crippen LogP contribution in [0.25, 0.3) is 0 Å². The molecule has 0 heterocycles. The van der Waals surface area contributed by atoms with E-state index in [1.165, 1.54) is 19.2 Å². The van der Waals surface area contributed by atoms with Crippen LogP contribution in [0.1, 0.15) is 0 Å². The molecule has 0 spiro atoms. The summed E-state index contributed by atoms with van der Waals surface area (Å²) in [7, 11) is -1.68. The van der Waals surface area contributed by atoms with Gasteiger partial charge in [0.15, 0.2) is 18.7 Å². The van der Waals surface area contributed by atoms with Gasteiger partial charge in [-0.2, -0.15) is 0 Å². The van der Waals surface area contributed by atoms with Gasteiger partial charge in [0, 0.05) is 15.9 Å². The fraction of sp³-hybridized carbons (Fsp3) is 0.0526. The maximum atomic E-state index is 14.0. The van der Waals surface area contributed by atoms with Gasteiger partial charge in [-0.3, -0.25) is 0 Å². The van der Waals surface area contributed by atoms with Crippen LogP contribution in [-0.2, 0) is 4.57 Å². The van der Waals surface area contributed by atoms with E-state index in [2.05, 4.69) is 0 Å². The van der Waals surface area contributed by atoms with E-state index >= 15 is 0 Å². The zero-order chi connectivity index (χ0) is 16.3. The van der Waals surface area contributed by atoms with Gasteiger partial charge < -0.3 is 9.30 Å². The number of halogens is 1. The Morgan fingerprint density at radius 1 is 0.783 bits per heavy atom. The summed E-state index contributed by atoms with van der Waals surface area (Å²) in [5.41, 5.74) is 0. The lowest BCUT2D eigenvalue weighted by Gasteiger charge is -2.20. The van der Waals surface area contributed by atoms with Gasteiger partial charge in [0.1, 0.15) is 0 Å². The fourth-order valence-corrected chi connectivity index (χ4v) is 5.23. The minimum atomic E-state index is -3.08. The van der Waals surface area contributed by atoms with Gasteiger partial charge in [-0.15, -0.1) is 0 Å². The van der Waals surface area contributed by atoms with Crippen LogP contribution in [-0.4, -0.2) is 7.11 Å². The first-order valence-electron chi connectivity index (χ1n) is 7.21. The van der Waals surface area contributed by atoms with E-state index in [4.69, 9.17) is 4.74 Å². The lowest BCUT2D eigenvalue weighted by Crippen LogP contribution is -2.25. The number of hydrogen-bond donors (Lipinski definition) is 0. The van der Waals surface area contributed by atoms with E-state index in [0.29, 0.717) is 15.9 Å². The van der Waals surface area contributed by atoms with E-state index in [-0.39, 0.29) is 5.75 Å². The average Bonchev–Trinajstić information content (AvgIpc) is 2.63. The van der Waals surface area contributed by atoms with Gasteiger partial charge in [-0.05, 0) is 18.2 Å². The molecule has 3 aromatic carbocycles. The van der Waals surface area contributed by atoms with Crippen LogP contribution in [0, 0.1) is 5.82 Å². The van der Waals surface area contributed by atoms with Crippen molar-refractivity contribution in [3.8, 4) is 5.75 Å². The summed E-state index contributed by atoms with van der Waals surface area (Å²) in [6.45, 7) is 0. The van der Waals surface area contributed by atoms with Crippen LogP contribution >= 0.6 is 7.14 Å². The number of methoxy groups -OCH3 is 1. The first kappa shape index (κ1) is 15.5. The third-order valence-electron chi connectivity index (χ3n) is 3.74. The quantitative estimate of drug-likeness (QED) is 0.686. The summed E-state index contributed by atoms with van der Waals surface area (Å²) in [5.74, 6) is -0.376. The molecule has 0 aliphatic heterocycles. The lowest BCUT2D eigenvalue weighted by atomic mass is 10.3. The van der Waals surface area contributed by atoms with E-state index in [0.717, 1.165) is 0 Å². The molecular formula is C19H16FO2P. The van der Waals surface area contributed by atoms with Crippen LogP contribution in [0.4, 0.5) is 4.39 Å². The second kappa shape index (κ2) is 6.39. The molecule has 0 aliphatic rings. The molecule has 2 nitrogen and oxygen atoms in total. The molecule has 0 N–H and O–H groups in total. The molecule has 0 bridgehead atoms. The fourth-order valence-electron chi connectivity index (χ4n) is 2.57. The van der Waals surface area contributed by atoms with Crippen molar-refractivity contribution in [1.29, 1.82) is 0 Å². The zero-order valence-electron chi connectivity index (χ0n) is 12.6. The van der Waals surface area contributed by atoms with Gasteiger partial charge in [-0.1, -0.05) is 60.7 Å². The summed E-state index contributed by atoms with van der Waals surface area (Å²) in [6.07, 6.45) is 0. The molecule has 0 saturated carbocycles. The Morgan fingerprint density at radius 3 is 1.78 bits per heavy atom. The van der Waals surface area contributed by atoms with Gasteiger partial charge >= 0.3 is 0 Å². The normalized spacial score (nSPS) is 11.2. The Kier molecular flexibility index (Phi) is 4.31. The van der Waals surface area contributed by atoms with E-state index < -0.39 is 13.0 Å². The molecule has 0 unspecified atom stereocenters. The first-order valence-corrected chi connectivity index (χ1v) is 8.92. The minimum absolute atomic E-state index is 0.0922. The molecule has 0 aromatic heterocycles. The zero-order valence-corrected chi connectivity index (χ0v) is 13.5. The van der Waals surface area contributed by atoms with Crippen molar-refractivity contribution in [2.45, 2.75) is 0 Å². The van der Waals surface area contributed by atoms with Gasteiger partial charge in [0.05, 0.1) is 7.11 Å². The summed E-state index contributed by atoms with van der Waals surface area (Å²) in [6, 6.07) is 22.9. The van der Waals surface area contributed by atoms with Crippen LogP contribution in [0.2, 0.25) is 0 Å². The van der Waals surface area contributed by atoms with Crippen molar-refractivity contribution >= 4 is 23.1 Å². The third-order valence-corrected chi connectivity index (χ3v) is 6.79. The molecule has 3 rings (SSSR count). The highest BCUT2D eigenvalue weighted by molar-refractivity contribution is 7.85. The molecular weight excluding hydrogens is 310 g/mol. The standard InChI is InChI=1S/C19H16FO2P/c1-22-19-14-17(12-13-18(19)20)23(21,15-8-4-2-5-9-15)16-10-6-3-7-11-16/h2-14H,1H3. The van der Waals surface area contributed by atoms with Crippen molar-refractivity contribution in [1.82, 2.24) is 0 Å². The van der Waals surface area contributed by atoms with Crippen LogP contribution in [0.5, 0.6) is 5.75 Å². The number of hydrogen-bond acceptors (Lipinski definition) is 2. The van der Waals surface area contributed by atoms with E-state index in [1.54, 1.807) is 6.07 Å². The number of benzene rings is 3. The molecule has 0 aliphatic carbocycles. The van der Waals surface area contributed by atoms with Gasteiger partial charge in [0.2, 0.25) is 0 Å². The van der Waals surface area contributed by atoms with Crippen molar-refractivity contribution in [3.05, 3.63) is 84.7 Å². The molecule has 0 radical (unpaired) electrons. The Labute approximate surface area is 134 Å². The summed E-state index contributed by atoms with van der Waals surface area (Å²) in [4.78, 5) is 0. The third kappa shape index (κ3) is 2.80. The summed E-state index contributed by atoms with van der Waals surface area (Å²) in [5, 5.41) is 1.97. The Morgan fingerprint density at radius 2 is 1.30 bits per heavy atom. The monoisotopic (exact) mass is 326 g/mol. The van der Waals surface area contributed by atoms with Crippen LogP contribution in [0.3, 0.4) is 0 Å². The lowest BCUT2D eigenvalue weighted by molar-refractivity contribution is 0.387. The van der Waals surface area contributed by atoms with Crippen molar-refractivity contribution in [2.75, 3.05) is 7.11 Å². The number of rotatable bonds is 4. The molecule has 4 heteroatoms. The smallest absolute Gasteiger partial charge is 0.171 e. The second-order valence-electron chi connectivity index (χ2n) is 5.10. The molecule has 0 fully saturated rings. The molecule has 0 amide bonds. The van der Waals surface area contributed by atoms with E-state index in [9.17, 15) is 8.96 Å². The van der Waals surface area contributed by atoms with Crippen molar-refractivity contribution in [3.63, 3.8) is 0 Å². The molecule has 3 aromatic rings. The average molecular weight is 326 g/mol.